The second-order valence-electron chi connectivity index (χ2n) is 4.88. The highest BCUT2D eigenvalue weighted by Crippen LogP contribution is 2.02. The van der Waals surface area contributed by atoms with E-state index < -0.39 is 16.7 Å². The highest BCUT2D eigenvalue weighted by atomic mass is 19.1. The molecule has 0 fully saturated rings. The lowest BCUT2D eigenvalue weighted by Gasteiger charge is -2.07. The van der Waals surface area contributed by atoms with E-state index in [9.17, 15) is 28.4 Å². The van der Waals surface area contributed by atoms with Crippen LogP contribution in [0.4, 0.5) is 4.39 Å². The third-order valence-corrected chi connectivity index (χ3v) is 3.05. The normalized spacial score (nSPS) is 10.5. The number of rotatable bonds is 9. The molecule has 120 valence electrons. The highest BCUT2D eigenvalue weighted by molar-refractivity contribution is 5.85. The van der Waals surface area contributed by atoms with Crippen LogP contribution in [0.3, 0.4) is 0 Å². The standard InChI is InChI=1S/C14H17FN2O5/c1-8(18)16-6-9(19)4-2-3-5-11(20)17-7-10-12(15)14(22)13(10)21/h2-7H2,1H3,(H,16,18)(H,17,20). The maximum absolute atomic E-state index is 12.9. The van der Waals surface area contributed by atoms with Crippen LogP contribution in [0.5, 0.6) is 0 Å². The highest BCUT2D eigenvalue weighted by Gasteiger charge is 2.20. The summed E-state index contributed by atoms with van der Waals surface area (Å²) in [5.74, 6) is -1.88. The van der Waals surface area contributed by atoms with Gasteiger partial charge in [0, 0.05) is 26.3 Å². The fraction of sp³-hybridized carbons (Fsp3) is 0.500. The molecule has 0 atom stereocenters. The predicted molar refractivity (Wildman–Crippen MR) is 75.3 cm³/mol. The van der Waals surface area contributed by atoms with Gasteiger partial charge in [-0.3, -0.25) is 24.0 Å². The fourth-order valence-electron chi connectivity index (χ4n) is 1.76. The molecule has 0 aromatic heterocycles. The molecule has 0 saturated carbocycles. The van der Waals surface area contributed by atoms with Crippen LogP contribution in [-0.4, -0.2) is 24.1 Å². The molecule has 7 nitrogen and oxygen atoms in total. The van der Waals surface area contributed by atoms with Crippen molar-refractivity contribution in [3.8, 4) is 0 Å². The van der Waals surface area contributed by atoms with Gasteiger partial charge in [-0.1, -0.05) is 0 Å². The first-order valence-corrected chi connectivity index (χ1v) is 6.83. The van der Waals surface area contributed by atoms with Crippen LogP contribution in [0.15, 0.2) is 9.59 Å². The number of carbonyl (C=O) groups is 3. The monoisotopic (exact) mass is 312 g/mol. The van der Waals surface area contributed by atoms with E-state index in [0.29, 0.717) is 12.8 Å². The molecule has 22 heavy (non-hydrogen) atoms. The minimum absolute atomic E-state index is 0.0227. The molecule has 1 aromatic rings. The van der Waals surface area contributed by atoms with Crippen molar-refractivity contribution in [1.82, 2.24) is 10.6 Å². The Morgan fingerprint density at radius 2 is 1.64 bits per heavy atom. The first-order chi connectivity index (χ1) is 10.3. The summed E-state index contributed by atoms with van der Waals surface area (Å²) in [5.41, 5.74) is -2.35. The summed E-state index contributed by atoms with van der Waals surface area (Å²) >= 11 is 0. The largest absolute Gasteiger partial charge is 0.352 e. The Balaban J connectivity index is 2.14. The topological polar surface area (TPSA) is 109 Å². The summed E-state index contributed by atoms with van der Waals surface area (Å²) in [4.78, 5) is 55.0. The molecule has 0 saturated heterocycles. The van der Waals surface area contributed by atoms with E-state index in [0.717, 1.165) is 0 Å². The first kappa shape index (κ1) is 17.7. The summed E-state index contributed by atoms with van der Waals surface area (Å²) in [6.07, 6.45) is 1.32. The molecule has 0 aliphatic carbocycles. The number of unbranched alkanes of at least 4 members (excludes halogenated alkanes) is 1. The number of carbonyl (C=O) groups excluding carboxylic acids is 3. The van der Waals surface area contributed by atoms with Gasteiger partial charge in [-0.05, 0) is 12.8 Å². The van der Waals surface area contributed by atoms with Crippen LogP contribution in [0.2, 0.25) is 0 Å². The zero-order valence-electron chi connectivity index (χ0n) is 12.2. The van der Waals surface area contributed by atoms with Gasteiger partial charge in [-0.25, -0.2) is 4.39 Å². The third-order valence-electron chi connectivity index (χ3n) is 3.05. The summed E-state index contributed by atoms with van der Waals surface area (Å²) in [6, 6.07) is 0. The van der Waals surface area contributed by atoms with Gasteiger partial charge < -0.3 is 10.6 Å². The van der Waals surface area contributed by atoms with E-state index >= 15 is 0 Å². The number of ketones is 1. The minimum Gasteiger partial charge on any atom is -0.352 e. The van der Waals surface area contributed by atoms with Crippen LogP contribution in [0.1, 0.15) is 38.2 Å². The number of amides is 2. The first-order valence-electron chi connectivity index (χ1n) is 6.83. The Hall–Kier alpha value is -2.38. The summed E-state index contributed by atoms with van der Waals surface area (Å²) in [6.45, 7) is 0.998. The van der Waals surface area contributed by atoms with Crippen molar-refractivity contribution < 1.29 is 18.8 Å². The van der Waals surface area contributed by atoms with Gasteiger partial charge in [0.1, 0.15) is 0 Å². The lowest BCUT2D eigenvalue weighted by molar-refractivity contribution is -0.124. The quantitative estimate of drug-likeness (QED) is 0.463. The van der Waals surface area contributed by atoms with Gasteiger partial charge in [0.15, 0.2) is 11.6 Å². The van der Waals surface area contributed by atoms with Crippen molar-refractivity contribution in [3.05, 3.63) is 31.8 Å². The Morgan fingerprint density at radius 3 is 2.23 bits per heavy atom. The lowest BCUT2D eigenvalue weighted by atomic mass is 10.1. The van der Waals surface area contributed by atoms with Crippen LogP contribution < -0.4 is 21.5 Å². The van der Waals surface area contributed by atoms with E-state index in [2.05, 4.69) is 10.6 Å². The van der Waals surface area contributed by atoms with Crippen LogP contribution in [0.25, 0.3) is 0 Å². The van der Waals surface area contributed by atoms with Crippen molar-refractivity contribution in [2.45, 2.75) is 39.2 Å². The molecule has 2 N–H and O–H groups in total. The van der Waals surface area contributed by atoms with Crippen LogP contribution in [-0.2, 0) is 20.9 Å². The van der Waals surface area contributed by atoms with Crippen molar-refractivity contribution in [1.29, 1.82) is 0 Å². The second-order valence-corrected chi connectivity index (χ2v) is 4.88. The molecular weight excluding hydrogens is 295 g/mol. The number of hydrogen-bond acceptors (Lipinski definition) is 5. The molecule has 0 heterocycles. The minimum atomic E-state index is -1.15. The lowest BCUT2D eigenvalue weighted by Crippen LogP contribution is -2.42. The third kappa shape index (κ3) is 5.19. The molecule has 0 radical (unpaired) electrons. The molecule has 1 aromatic carbocycles. The van der Waals surface area contributed by atoms with E-state index in [4.69, 9.17) is 0 Å². The Morgan fingerprint density at radius 1 is 1.00 bits per heavy atom. The molecule has 0 aliphatic heterocycles. The van der Waals surface area contributed by atoms with Gasteiger partial charge in [0.2, 0.25) is 17.2 Å². The smallest absolute Gasteiger partial charge is 0.262 e. The number of Topliss-reactive ketones (excluding diaryl/α,β-unsaturated/α-hetero) is 1. The van der Waals surface area contributed by atoms with Gasteiger partial charge in [0.05, 0.1) is 12.1 Å². The molecule has 0 bridgehead atoms. The number of halogens is 1. The van der Waals surface area contributed by atoms with E-state index in [-0.39, 0.29) is 49.1 Å². The number of nitrogens with one attached hydrogen (secondary N) is 2. The van der Waals surface area contributed by atoms with E-state index in [1.54, 1.807) is 0 Å². The second kappa shape index (κ2) is 8.16. The average molecular weight is 312 g/mol. The molecule has 0 spiro atoms. The zero-order chi connectivity index (χ0) is 16.7. The Kier molecular flexibility index (Phi) is 6.55. The molecule has 8 heteroatoms. The maximum atomic E-state index is 12.9. The van der Waals surface area contributed by atoms with Crippen molar-refractivity contribution in [2.24, 2.45) is 0 Å². The van der Waals surface area contributed by atoms with E-state index in [1.807, 2.05) is 0 Å². The molecule has 1 rings (SSSR count). The van der Waals surface area contributed by atoms with Gasteiger partial charge in [0.25, 0.3) is 5.43 Å². The zero-order valence-corrected chi connectivity index (χ0v) is 12.2. The van der Waals surface area contributed by atoms with Crippen LogP contribution in [0, 0.1) is 5.82 Å². The summed E-state index contributed by atoms with van der Waals surface area (Å²) < 4.78 is 12.9. The summed E-state index contributed by atoms with van der Waals surface area (Å²) in [5, 5.41) is 4.73. The van der Waals surface area contributed by atoms with Crippen molar-refractivity contribution in [3.63, 3.8) is 0 Å². The average Bonchev–Trinajstić information content (AvgIpc) is 2.49. The van der Waals surface area contributed by atoms with Crippen LogP contribution >= 0.6 is 0 Å². The molecule has 2 amide bonds. The van der Waals surface area contributed by atoms with Gasteiger partial charge in [-0.15, -0.1) is 0 Å². The van der Waals surface area contributed by atoms with Gasteiger partial charge >= 0.3 is 0 Å². The molecule has 0 unspecified atom stereocenters. The molecular formula is C14H17FN2O5. The summed E-state index contributed by atoms with van der Waals surface area (Å²) in [7, 11) is 0. The van der Waals surface area contributed by atoms with Gasteiger partial charge in [-0.2, -0.15) is 0 Å². The SMILES string of the molecule is CC(=O)NCC(=O)CCCCC(=O)NCc1c(F)c(=O)c1=O. The maximum Gasteiger partial charge on any atom is 0.262 e. The fourth-order valence-corrected chi connectivity index (χ4v) is 1.76. The Labute approximate surface area is 125 Å². The number of hydrogen-bond donors (Lipinski definition) is 2. The Bertz CT molecular complexity index is 646. The van der Waals surface area contributed by atoms with E-state index in [1.165, 1.54) is 6.92 Å². The van der Waals surface area contributed by atoms with Crippen molar-refractivity contribution >= 4 is 17.6 Å². The molecule has 0 aliphatic rings. The predicted octanol–water partition coefficient (Wildman–Crippen LogP) is -0.696. The van der Waals surface area contributed by atoms with Crippen molar-refractivity contribution in [2.75, 3.05) is 6.54 Å².